The van der Waals surface area contributed by atoms with Gasteiger partial charge in [-0.15, -0.1) is 0 Å². The van der Waals surface area contributed by atoms with Crippen LogP contribution >= 0.6 is 22.9 Å². The molecule has 4 nitrogen and oxygen atoms in total. The van der Waals surface area contributed by atoms with Crippen LogP contribution in [-0.4, -0.2) is 15.9 Å². The van der Waals surface area contributed by atoms with E-state index >= 15 is 0 Å². The van der Waals surface area contributed by atoms with Crippen molar-refractivity contribution in [2.75, 3.05) is 4.90 Å². The average molecular weight is 330 g/mol. The minimum atomic E-state index is -0.207. The van der Waals surface area contributed by atoms with Crippen molar-refractivity contribution < 1.29 is 4.79 Å². The van der Waals surface area contributed by atoms with Gasteiger partial charge in [-0.25, -0.2) is 0 Å². The molecular formula is C16H12ClN3OS. The zero-order valence-corrected chi connectivity index (χ0v) is 13.1. The Kier molecular flexibility index (Phi) is 4.46. The van der Waals surface area contributed by atoms with Gasteiger partial charge < -0.3 is 4.90 Å². The summed E-state index contributed by atoms with van der Waals surface area (Å²) in [6, 6.07) is 8.86. The van der Waals surface area contributed by atoms with Gasteiger partial charge in [0.05, 0.1) is 18.4 Å². The zero-order chi connectivity index (χ0) is 15.4. The highest BCUT2D eigenvalue weighted by atomic mass is 35.5. The van der Waals surface area contributed by atoms with Crippen LogP contribution in [0.4, 0.5) is 5.69 Å². The van der Waals surface area contributed by atoms with Gasteiger partial charge in [0.25, 0.3) is 5.91 Å². The Morgan fingerprint density at radius 1 is 1.27 bits per heavy atom. The zero-order valence-electron chi connectivity index (χ0n) is 11.5. The molecule has 22 heavy (non-hydrogen) atoms. The largest absolute Gasteiger partial charge is 0.301 e. The van der Waals surface area contributed by atoms with Crippen molar-refractivity contribution in [1.29, 1.82) is 0 Å². The summed E-state index contributed by atoms with van der Waals surface area (Å²) in [5.74, 6) is -0.207. The third-order valence-corrected chi connectivity index (χ3v) is 4.03. The Morgan fingerprint density at radius 3 is 2.86 bits per heavy atom. The fourth-order valence-electron chi connectivity index (χ4n) is 2.02. The molecule has 0 N–H and O–H groups in total. The molecule has 0 fully saturated rings. The Labute approximate surface area is 137 Å². The summed E-state index contributed by atoms with van der Waals surface area (Å²) >= 11 is 7.56. The summed E-state index contributed by atoms with van der Waals surface area (Å²) in [7, 11) is 0. The summed E-state index contributed by atoms with van der Waals surface area (Å²) in [5.41, 5.74) is 2.09. The van der Waals surface area contributed by atoms with E-state index in [1.54, 1.807) is 46.8 Å². The van der Waals surface area contributed by atoms with Gasteiger partial charge in [0.1, 0.15) is 5.69 Å². The Bertz CT molecular complexity index is 762. The van der Waals surface area contributed by atoms with Crippen molar-refractivity contribution in [3.8, 4) is 0 Å². The van der Waals surface area contributed by atoms with Crippen LogP contribution in [0.5, 0.6) is 0 Å². The maximum absolute atomic E-state index is 12.8. The van der Waals surface area contributed by atoms with E-state index in [-0.39, 0.29) is 5.91 Å². The number of hydrogen-bond acceptors (Lipinski definition) is 4. The van der Waals surface area contributed by atoms with Crippen LogP contribution in [0, 0.1) is 0 Å². The SMILES string of the molecule is O=C(c1cc(Cl)ccn1)N(Cc1ccsc1)c1cccnc1. The number of rotatable bonds is 4. The van der Waals surface area contributed by atoms with Gasteiger partial charge in [-0.3, -0.25) is 14.8 Å². The van der Waals surface area contributed by atoms with Gasteiger partial charge in [0, 0.05) is 17.4 Å². The van der Waals surface area contributed by atoms with E-state index < -0.39 is 0 Å². The number of carbonyl (C=O) groups excluding carboxylic acids is 1. The molecule has 0 aromatic carbocycles. The van der Waals surface area contributed by atoms with Gasteiger partial charge >= 0.3 is 0 Å². The van der Waals surface area contributed by atoms with Gasteiger partial charge in [-0.05, 0) is 46.7 Å². The second-order valence-electron chi connectivity index (χ2n) is 4.59. The van der Waals surface area contributed by atoms with Crippen LogP contribution < -0.4 is 4.90 Å². The van der Waals surface area contributed by atoms with E-state index in [1.165, 1.54) is 6.20 Å². The molecular weight excluding hydrogens is 318 g/mol. The molecule has 110 valence electrons. The molecule has 0 aliphatic heterocycles. The van der Waals surface area contributed by atoms with E-state index in [0.717, 1.165) is 11.3 Å². The lowest BCUT2D eigenvalue weighted by atomic mass is 10.2. The average Bonchev–Trinajstić information content (AvgIpc) is 3.06. The predicted molar refractivity (Wildman–Crippen MR) is 88.3 cm³/mol. The lowest BCUT2D eigenvalue weighted by Gasteiger charge is -2.21. The third-order valence-electron chi connectivity index (χ3n) is 3.06. The van der Waals surface area contributed by atoms with E-state index in [1.807, 2.05) is 22.9 Å². The number of nitrogens with zero attached hydrogens (tertiary/aromatic N) is 3. The van der Waals surface area contributed by atoms with Crippen molar-refractivity contribution in [2.24, 2.45) is 0 Å². The van der Waals surface area contributed by atoms with Crippen molar-refractivity contribution in [2.45, 2.75) is 6.54 Å². The number of pyridine rings is 2. The summed E-state index contributed by atoms with van der Waals surface area (Å²) < 4.78 is 0. The molecule has 1 amide bonds. The molecule has 0 bridgehead atoms. The quantitative estimate of drug-likeness (QED) is 0.725. The minimum absolute atomic E-state index is 0.207. The standard InChI is InChI=1S/C16H12ClN3OS/c17-13-3-6-19-15(8-13)16(21)20(10-12-4-7-22-11-12)14-2-1-5-18-9-14/h1-9,11H,10H2. The monoisotopic (exact) mass is 329 g/mol. The second-order valence-corrected chi connectivity index (χ2v) is 5.81. The van der Waals surface area contributed by atoms with Crippen LogP contribution in [0.3, 0.4) is 0 Å². The molecule has 0 aliphatic carbocycles. The number of thiophene rings is 1. The predicted octanol–water partition coefficient (Wildman–Crippen LogP) is 4.04. The van der Waals surface area contributed by atoms with Crippen molar-refractivity contribution in [3.05, 3.63) is 76.0 Å². The van der Waals surface area contributed by atoms with E-state index in [2.05, 4.69) is 9.97 Å². The van der Waals surface area contributed by atoms with E-state index in [0.29, 0.717) is 17.3 Å². The van der Waals surface area contributed by atoms with E-state index in [9.17, 15) is 4.79 Å². The highest BCUT2D eigenvalue weighted by Gasteiger charge is 2.20. The van der Waals surface area contributed by atoms with Gasteiger partial charge in [-0.2, -0.15) is 11.3 Å². The Hall–Kier alpha value is -2.24. The number of anilines is 1. The fourth-order valence-corrected chi connectivity index (χ4v) is 2.84. The topological polar surface area (TPSA) is 46.1 Å². The van der Waals surface area contributed by atoms with Crippen molar-refractivity contribution >= 4 is 34.5 Å². The van der Waals surface area contributed by atoms with Gasteiger partial charge in [0.15, 0.2) is 0 Å². The first-order valence-corrected chi connectivity index (χ1v) is 7.90. The molecule has 0 unspecified atom stereocenters. The number of carbonyl (C=O) groups is 1. The van der Waals surface area contributed by atoms with Gasteiger partial charge in [-0.1, -0.05) is 11.6 Å². The number of aromatic nitrogens is 2. The summed E-state index contributed by atoms with van der Waals surface area (Å²) in [4.78, 5) is 22.7. The molecule has 3 rings (SSSR count). The van der Waals surface area contributed by atoms with Crippen LogP contribution in [-0.2, 0) is 6.54 Å². The second kappa shape index (κ2) is 6.68. The van der Waals surface area contributed by atoms with Crippen molar-refractivity contribution in [1.82, 2.24) is 9.97 Å². The minimum Gasteiger partial charge on any atom is -0.301 e. The molecule has 0 spiro atoms. The fraction of sp³-hybridized carbons (Fsp3) is 0.0625. The summed E-state index contributed by atoms with van der Waals surface area (Å²) in [6.45, 7) is 0.461. The van der Waals surface area contributed by atoms with Crippen LogP contribution in [0.2, 0.25) is 5.02 Å². The van der Waals surface area contributed by atoms with Crippen LogP contribution in [0.25, 0.3) is 0 Å². The molecule has 3 aromatic rings. The third kappa shape index (κ3) is 3.32. The van der Waals surface area contributed by atoms with Crippen LogP contribution in [0.1, 0.15) is 16.1 Å². The Balaban J connectivity index is 1.96. The molecule has 3 heterocycles. The highest BCUT2D eigenvalue weighted by Crippen LogP contribution is 2.20. The normalized spacial score (nSPS) is 10.4. The number of hydrogen-bond donors (Lipinski definition) is 0. The van der Waals surface area contributed by atoms with Crippen molar-refractivity contribution in [3.63, 3.8) is 0 Å². The smallest absolute Gasteiger partial charge is 0.277 e. The summed E-state index contributed by atoms with van der Waals surface area (Å²) in [6.07, 6.45) is 4.87. The lowest BCUT2D eigenvalue weighted by molar-refractivity contribution is 0.0980. The first-order valence-electron chi connectivity index (χ1n) is 6.58. The maximum atomic E-state index is 12.8. The van der Waals surface area contributed by atoms with Gasteiger partial charge in [0.2, 0.25) is 0 Å². The molecule has 0 saturated carbocycles. The maximum Gasteiger partial charge on any atom is 0.277 e. The molecule has 0 aliphatic rings. The first-order chi connectivity index (χ1) is 10.7. The summed E-state index contributed by atoms with van der Waals surface area (Å²) in [5, 5.41) is 4.49. The Morgan fingerprint density at radius 2 is 2.18 bits per heavy atom. The highest BCUT2D eigenvalue weighted by molar-refractivity contribution is 7.07. The first kappa shape index (κ1) is 14.7. The molecule has 0 radical (unpaired) electrons. The number of halogens is 1. The molecule has 0 atom stereocenters. The molecule has 0 saturated heterocycles. The van der Waals surface area contributed by atoms with E-state index in [4.69, 9.17) is 11.6 Å². The lowest BCUT2D eigenvalue weighted by Crippen LogP contribution is -2.31. The molecule has 6 heteroatoms. The number of amides is 1. The molecule has 3 aromatic heterocycles. The van der Waals surface area contributed by atoms with Crippen LogP contribution in [0.15, 0.2) is 59.7 Å².